The molecule has 0 radical (unpaired) electrons. The van der Waals surface area contributed by atoms with Crippen LogP contribution in [0, 0.1) is 0 Å². The molecule has 0 saturated carbocycles. The van der Waals surface area contributed by atoms with Crippen LogP contribution >= 0.6 is 11.3 Å². The standard InChI is InChI=1S/C15H18N4OS/c1-3-18(2)15-17-13(16)12(21-15)14(20)19-8-10-6-4-5-7-11(10)9-19/h4-7H,3,8-9,16H2,1-2H3. The lowest BCUT2D eigenvalue weighted by Crippen LogP contribution is -2.25. The van der Waals surface area contributed by atoms with Crippen molar-refractivity contribution >= 4 is 28.2 Å². The molecule has 1 aliphatic rings. The summed E-state index contributed by atoms with van der Waals surface area (Å²) in [6.07, 6.45) is 0. The maximum absolute atomic E-state index is 12.7. The molecule has 5 nitrogen and oxygen atoms in total. The molecule has 21 heavy (non-hydrogen) atoms. The predicted molar refractivity (Wildman–Crippen MR) is 85.5 cm³/mol. The second-order valence-electron chi connectivity index (χ2n) is 5.15. The van der Waals surface area contributed by atoms with Gasteiger partial charge >= 0.3 is 0 Å². The molecular weight excluding hydrogens is 284 g/mol. The molecule has 2 N–H and O–H groups in total. The summed E-state index contributed by atoms with van der Waals surface area (Å²) in [5, 5.41) is 0.787. The van der Waals surface area contributed by atoms with Crippen LogP contribution in [-0.4, -0.2) is 29.4 Å². The Balaban J connectivity index is 1.83. The molecule has 2 aromatic rings. The molecule has 1 aromatic carbocycles. The minimum Gasteiger partial charge on any atom is -0.382 e. The maximum atomic E-state index is 12.7. The average molecular weight is 302 g/mol. The first-order valence-electron chi connectivity index (χ1n) is 6.93. The molecule has 0 fully saturated rings. The third-order valence-corrected chi connectivity index (χ3v) is 4.94. The Morgan fingerprint density at radius 2 is 2.00 bits per heavy atom. The number of hydrogen-bond acceptors (Lipinski definition) is 5. The van der Waals surface area contributed by atoms with Gasteiger partial charge in [-0.05, 0) is 18.1 Å². The second kappa shape index (κ2) is 5.37. The zero-order chi connectivity index (χ0) is 15.0. The third-order valence-electron chi connectivity index (χ3n) is 3.77. The lowest BCUT2D eigenvalue weighted by Gasteiger charge is -2.14. The van der Waals surface area contributed by atoms with Crippen LogP contribution in [0.3, 0.4) is 0 Å². The number of nitrogen functional groups attached to an aromatic ring is 1. The van der Waals surface area contributed by atoms with Crippen LogP contribution in [0.15, 0.2) is 24.3 Å². The highest BCUT2D eigenvalue weighted by molar-refractivity contribution is 7.18. The van der Waals surface area contributed by atoms with Crippen molar-refractivity contribution in [3.63, 3.8) is 0 Å². The van der Waals surface area contributed by atoms with Crippen LogP contribution in [0.2, 0.25) is 0 Å². The van der Waals surface area contributed by atoms with Gasteiger partial charge in [-0.15, -0.1) is 0 Å². The smallest absolute Gasteiger partial charge is 0.268 e. The molecule has 1 amide bonds. The van der Waals surface area contributed by atoms with Crippen LogP contribution in [0.5, 0.6) is 0 Å². The van der Waals surface area contributed by atoms with Crippen LogP contribution in [0.25, 0.3) is 0 Å². The number of amides is 1. The van der Waals surface area contributed by atoms with Gasteiger partial charge in [-0.2, -0.15) is 0 Å². The van der Waals surface area contributed by atoms with Gasteiger partial charge in [0.2, 0.25) is 0 Å². The van der Waals surface area contributed by atoms with E-state index in [-0.39, 0.29) is 5.91 Å². The summed E-state index contributed by atoms with van der Waals surface area (Å²) in [4.78, 5) is 21.3. The molecule has 0 spiro atoms. The molecule has 2 heterocycles. The van der Waals surface area contributed by atoms with E-state index in [1.807, 2.05) is 35.9 Å². The normalized spacial score (nSPS) is 13.3. The molecule has 0 bridgehead atoms. The van der Waals surface area contributed by atoms with E-state index in [9.17, 15) is 4.79 Å². The molecule has 6 heteroatoms. The second-order valence-corrected chi connectivity index (χ2v) is 6.13. The van der Waals surface area contributed by atoms with Crippen LogP contribution in [0.4, 0.5) is 10.9 Å². The fourth-order valence-corrected chi connectivity index (χ4v) is 3.37. The zero-order valence-electron chi connectivity index (χ0n) is 12.2. The average Bonchev–Trinajstić information content (AvgIpc) is 3.09. The van der Waals surface area contributed by atoms with Crippen molar-refractivity contribution in [2.45, 2.75) is 20.0 Å². The van der Waals surface area contributed by atoms with E-state index in [0.717, 1.165) is 11.7 Å². The van der Waals surface area contributed by atoms with Crippen LogP contribution < -0.4 is 10.6 Å². The number of rotatable bonds is 3. The van der Waals surface area contributed by atoms with E-state index >= 15 is 0 Å². The SMILES string of the molecule is CCN(C)c1nc(N)c(C(=O)N2Cc3ccccc3C2)s1. The monoisotopic (exact) mass is 302 g/mol. The van der Waals surface area contributed by atoms with Gasteiger partial charge in [0, 0.05) is 26.7 Å². The van der Waals surface area contributed by atoms with Crippen molar-refractivity contribution in [3.8, 4) is 0 Å². The number of fused-ring (bicyclic) bond motifs is 1. The first-order valence-corrected chi connectivity index (χ1v) is 7.75. The van der Waals surface area contributed by atoms with Gasteiger partial charge in [-0.1, -0.05) is 35.6 Å². The topological polar surface area (TPSA) is 62.5 Å². The highest BCUT2D eigenvalue weighted by Crippen LogP contribution is 2.31. The highest BCUT2D eigenvalue weighted by Gasteiger charge is 2.27. The molecule has 1 aliphatic heterocycles. The Labute approximate surface area is 128 Å². The number of benzene rings is 1. The maximum Gasteiger partial charge on any atom is 0.268 e. The Bertz CT molecular complexity index is 657. The summed E-state index contributed by atoms with van der Waals surface area (Å²) >= 11 is 1.36. The van der Waals surface area contributed by atoms with Crippen molar-refractivity contribution in [1.29, 1.82) is 0 Å². The molecule has 110 valence electrons. The van der Waals surface area contributed by atoms with Gasteiger partial charge < -0.3 is 15.5 Å². The third kappa shape index (κ3) is 2.47. The predicted octanol–water partition coefficient (Wildman–Crippen LogP) is 2.34. The van der Waals surface area contributed by atoms with Gasteiger partial charge in [0.25, 0.3) is 5.91 Å². The van der Waals surface area contributed by atoms with E-state index in [4.69, 9.17) is 5.73 Å². The number of hydrogen-bond donors (Lipinski definition) is 1. The van der Waals surface area contributed by atoms with Gasteiger partial charge in [0.15, 0.2) is 5.13 Å². The van der Waals surface area contributed by atoms with Crippen molar-refractivity contribution in [3.05, 3.63) is 40.3 Å². The fraction of sp³-hybridized carbons (Fsp3) is 0.333. The van der Waals surface area contributed by atoms with E-state index in [1.54, 1.807) is 0 Å². The van der Waals surface area contributed by atoms with E-state index in [2.05, 4.69) is 17.1 Å². The summed E-state index contributed by atoms with van der Waals surface area (Å²) in [6, 6.07) is 8.13. The van der Waals surface area contributed by atoms with Gasteiger partial charge in [0.1, 0.15) is 10.7 Å². The fourth-order valence-electron chi connectivity index (χ4n) is 2.39. The number of thiazole rings is 1. The summed E-state index contributed by atoms with van der Waals surface area (Å²) in [6.45, 7) is 4.16. The first kappa shape index (κ1) is 13.9. The van der Waals surface area contributed by atoms with Crippen LogP contribution in [-0.2, 0) is 13.1 Å². The van der Waals surface area contributed by atoms with Gasteiger partial charge in [-0.25, -0.2) is 4.98 Å². The molecule has 0 saturated heterocycles. The summed E-state index contributed by atoms with van der Waals surface area (Å²) < 4.78 is 0. The first-order chi connectivity index (χ1) is 10.1. The van der Waals surface area contributed by atoms with Crippen molar-refractivity contribution < 1.29 is 4.79 Å². The van der Waals surface area contributed by atoms with Gasteiger partial charge in [0.05, 0.1) is 0 Å². The van der Waals surface area contributed by atoms with Crippen molar-refractivity contribution in [2.24, 2.45) is 0 Å². The van der Waals surface area contributed by atoms with E-state index in [1.165, 1.54) is 22.5 Å². The highest BCUT2D eigenvalue weighted by atomic mass is 32.1. The summed E-state index contributed by atoms with van der Waals surface area (Å²) in [7, 11) is 1.94. The lowest BCUT2D eigenvalue weighted by molar-refractivity contribution is 0.0757. The largest absolute Gasteiger partial charge is 0.382 e. The Morgan fingerprint density at radius 1 is 1.38 bits per heavy atom. The van der Waals surface area contributed by atoms with Crippen molar-refractivity contribution in [1.82, 2.24) is 9.88 Å². The molecule has 3 rings (SSSR count). The molecule has 0 atom stereocenters. The summed E-state index contributed by atoms with van der Waals surface area (Å²) in [5.41, 5.74) is 8.35. The Hall–Kier alpha value is -2.08. The number of carbonyl (C=O) groups is 1. The minimum absolute atomic E-state index is 0.0306. The van der Waals surface area contributed by atoms with Crippen molar-refractivity contribution in [2.75, 3.05) is 24.2 Å². The molecular formula is C15H18N4OS. The number of nitrogens with two attached hydrogens (primary N) is 1. The minimum atomic E-state index is -0.0306. The lowest BCUT2D eigenvalue weighted by atomic mass is 10.1. The van der Waals surface area contributed by atoms with Crippen LogP contribution in [0.1, 0.15) is 27.7 Å². The molecule has 0 unspecified atom stereocenters. The summed E-state index contributed by atoms with van der Waals surface area (Å²) in [5.74, 6) is 0.299. The van der Waals surface area contributed by atoms with E-state index < -0.39 is 0 Å². The Kier molecular flexibility index (Phi) is 3.55. The zero-order valence-corrected chi connectivity index (χ0v) is 13.0. The number of aromatic nitrogens is 1. The number of carbonyl (C=O) groups excluding carboxylic acids is 1. The quantitative estimate of drug-likeness (QED) is 0.945. The number of anilines is 2. The number of nitrogens with zero attached hydrogens (tertiary/aromatic N) is 3. The molecule has 0 aliphatic carbocycles. The molecule has 1 aromatic heterocycles. The van der Waals surface area contributed by atoms with Gasteiger partial charge in [-0.3, -0.25) is 4.79 Å². The Morgan fingerprint density at radius 3 is 2.57 bits per heavy atom. The van der Waals surface area contributed by atoms with E-state index in [0.29, 0.717) is 23.8 Å².